The van der Waals surface area contributed by atoms with Crippen molar-refractivity contribution in [3.05, 3.63) is 5.01 Å². The molecule has 1 saturated carbocycles. The number of hydrogen-bond acceptors (Lipinski definition) is 4. The molecule has 0 radical (unpaired) electrons. The Balaban J connectivity index is 1.99. The normalized spacial score (nSPS) is 23.9. The number of nitrogens with one attached hydrogen (secondary N) is 1. The Morgan fingerprint density at radius 1 is 1.33 bits per heavy atom. The third kappa shape index (κ3) is 3.34. The smallest absolute Gasteiger partial charge is 0.357 e. The molecular formula is C11H16F3N3S. The fraction of sp³-hybridized carbons (Fsp3) is 0.818. The molecule has 1 heterocycles. The van der Waals surface area contributed by atoms with Gasteiger partial charge >= 0.3 is 6.18 Å². The first kappa shape index (κ1) is 13.6. The molecule has 0 spiro atoms. The third-order valence-corrected chi connectivity index (χ3v) is 4.10. The Morgan fingerprint density at radius 3 is 2.61 bits per heavy atom. The summed E-state index contributed by atoms with van der Waals surface area (Å²) in [4.78, 5) is 0. The van der Waals surface area contributed by atoms with E-state index in [1.807, 2.05) is 0 Å². The summed E-state index contributed by atoms with van der Waals surface area (Å²) >= 11 is 0.575. The van der Waals surface area contributed by atoms with E-state index in [1.54, 1.807) is 0 Å². The van der Waals surface area contributed by atoms with Crippen molar-refractivity contribution >= 4 is 16.5 Å². The van der Waals surface area contributed by atoms with Crippen molar-refractivity contribution in [1.82, 2.24) is 10.2 Å². The van der Waals surface area contributed by atoms with Crippen LogP contribution < -0.4 is 5.32 Å². The Hall–Kier alpha value is -0.850. The summed E-state index contributed by atoms with van der Waals surface area (Å²) in [5.41, 5.74) is 0.244. The molecule has 1 aromatic heterocycles. The van der Waals surface area contributed by atoms with Gasteiger partial charge in [-0.05, 0) is 24.7 Å². The Kier molecular flexibility index (Phi) is 3.53. The lowest BCUT2D eigenvalue weighted by Crippen LogP contribution is -2.31. The summed E-state index contributed by atoms with van der Waals surface area (Å²) in [5.74, 6) is 0. The fourth-order valence-electron chi connectivity index (χ4n) is 2.39. The van der Waals surface area contributed by atoms with E-state index < -0.39 is 11.2 Å². The molecule has 2 rings (SSSR count). The summed E-state index contributed by atoms with van der Waals surface area (Å²) in [6.45, 7) is 4.37. The Bertz CT molecular complexity index is 414. The first-order valence-electron chi connectivity index (χ1n) is 5.93. The zero-order valence-corrected chi connectivity index (χ0v) is 11.2. The van der Waals surface area contributed by atoms with Crippen LogP contribution in [-0.4, -0.2) is 16.2 Å². The van der Waals surface area contributed by atoms with Gasteiger partial charge in [-0.15, -0.1) is 10.2 Å². The second kappa shape index (κ2) is 4.68. The van der Waals surface area contributed by atoms with Crippen molar-refractivity contribution in [2.24, 2.45) is 5.41 Å². The lowest BCUT2D eigenvalue weighted by molar-refractivity contribution is -0.138. The SMILES string of the molecule is CC1(C)CCCC(Nc2nnc(C(F)(F)F)s2)C1. The van der Waals surface area contributed by atoms with E-state index >= 15 is 0 Å². The largest absolute Gasteiger partial charge is 0.445 e. The van der Waals surface area contributed by atoms with Gasteiger partial charge in [0.15, 0.2) is 0 Å². The van der Waals surface area contributed by atoms with Crippen LogP contribution >= 0.6 is 11.3 Å². The number of hydrogen-bond donors (Lipinski definition) is 1. The van der Waals surface area contributed by atoms with Crippen LogP contribution in [0, 0.1) is 5.41 Å². The number of anilines is 1. The van der Waals surface area contributed by atoms with Gasteiger partial charge in [-0.1, -0.05) is 31.6 Å². The summed E-state index contributed by atoms with van der Waals surface area (Å²) in [6.07, 6.45) is -0.216. The predicted molar refractivity (Wildman–Crippen MR) is 64.6 cm³/mol. The number of rotatable bonds is 2. The summed E-state index contributed by atoms with van der Waals surface area (Å²) in [7, 11) is 0. The molecule has 1 atom stereocenters. The van der Waals surface area contributed by atoms with Gasteiger partial charge in [0.05, 0.1) is 0 Å². The maximum Gasteiger partial charge on any atom is 0.445 e. The van der Waals surface area contributed by atoms with Crippen LogP contribution in [0.15, 0.2) is 0 Å². The first-order valence-corrected chi connectivity index (χ1v) is 6.75. The van der Waals surface area contributed by atoms with Crippen molar-refractivity contribution in [3.8, 4) is 0 Å². The van der Waals surface area contributed by atoms with Crippen LogP contribution in [0.5, 0.6) is 0 Å². The maximum absolute atomic E-state index is 12.4. The van der Waals surface area contributed by atoms with Crippen LogP contribution in [0.25, 0.3) is 0 Å². The summed E-state index contributed by atoms with van der Waals surface area (Å²) in [5, 5.41) is 9.19. The van der Waals surface area contributed by atoms with Crippen molar-refractivity contribution in [2.45, 2.75) is 51.7 Å². The molecule has 7 heteroatoms. The molecule has 0 bridgehead atoms. The molecule has 1 unspecified atom stereocenters. The van der Waals surface area contributed by atoms with Crippen LogP contribution in [0.3, 0.4) is 0 Å². The van der Waals surface area contributed by atoms with Crippen LogP contribution in [0.4, 0.5) is 18.3 Å². The molecule has 1 fully saturated rings. The van der Waals surface area contributed by atoms with Crippen LogP contribution in [-0.2, 0) is 6.18 Å². The van der Waals surface area contributed by atoms with E-state index in [2.05, 4.69) is 29.4 Å². The van der Waals surface area contributed by atoms with Gasteiger partial charge in [0.2, 0.25) is 10.1 Å². The average Bonchev–Trinajstić information content (AvgIpc) is 2.63. The third-order valence-electron chi connectivity index (χ3n) is 3.20. The fourth-order valence-corrected chi connectivity index (χ4v) is 3.08. The second-order valence-corrected chi connectivity index (χ2v) is 6.49. The van der Waals surface area contributed by atoms with E-state index in [1.165, 1.54) is 0 Å². The minimum absolute atomic E-state index is 0.197. The molecular weight excluding hydrogens is 263 g/mol. The molecule has 3 nitrogen and oxygen atoms in total. The topological polar surface area (TPSA) is 37.8 Å². The monoisotopic (exact) mass is 279 g/mol. The van der Waals surface area contributed by atoms with Gasteiger partial charge < -0.3 is 5.32 Å². The second-order valence-electron chi connectivity index (χ2n) is 5.51. The van der Waals surface area contributed by atoms with Gasteiger partial charge in [-0.3, -0.25) is 0 Å². The van der Waals surface area contributed by atoms with Gasteiger partial charge in [0.1, 0.15) is 0 Å². The van der Waals surface area contributed by atoms with E-state index in [0.717, 1.165) is 25.7 Å². The van der Waals surface area contributed by atoms with Crippen molar-refractivity contribution < 1.29 is 13.2 Å². The van der Waals surface area contributed by atoms with E-state index in [-0.39, 0.29) is 16.6 Å². The number of nitrogens with zero attached hydrogens (tertiary/aromatic N) is 2. The van der Waals surface area contributed by atoms with E-state index in [9.17, 15) is 13.2 Å². The highest BCUT2D eigenvalue weighted by Gasteiger charge is 2.36. The van der Waals surface area contributed by atoms with Crippen molar-refractivity contribution in [2.75, 3.05) is 5.32 Å². The average molecular weight is 279 g/mol. The minimum Gasteiger partial charge on any atom is -0.357 e. The molecule has 0 aliphatic heterocycles. The molecule has 0 aromatic carbocycles. The first-order chi connectivity index (χ1) is 8.26. The Morgan fingerprint density at radius 2 is 2.06 bits per heavy atom. The van der Waals surface area contributed by atoms with Crippen molar-refractivity contribution in [3.63, 3.8) is 0 Å². The van der Waals surface area contributed by atoms with Gasteiger partial charge in [-0.2, -0.15) is 13.2 Å². The molecule has 102 valence electrons. The quantitative estimate of drug-likeness (QED) is 0.891. The van der Waals surface area contributed by atoms with Crippen LogP contribution in [0.2, 0.25) is 0 Å². The molecule has 1 aliphatic rings. The number of alkyl halides is 3. The summed E-state index contributed by atoms with van der Waals surface area (Å²) in [6, 6.07) is 0.197. The zero-order chi connectivity index (χ0) is 13.4. The van der Waals surface area contributed by atoms with E-state index in [0.29, 0.717) is 11.3 Å². The van der Waals surface area contributed by atoms with Gasteiger partial charge in [0, 0.05) is 6.04 Å². The molecule has 1 aliphatic carbocycles. The molecule has 1 N–H and O–H groups in total. The highest BCUT2D eigenvalue weighted by Crippen LogP contribution is 2.38. The lowest BCUT2D eigenvalue weighted by atomic mass is 9.75. The van der Waals surface area contributed by atoms with Crippen LogP contribution in [0.1, 0.15) is 44.5 Å². The standard InChI is InChI=1S/C11H16F3N3S/c1-10(2)5-3-4-7(6-10)15-9-17-16-8(18-9)11(12,13)14/h7H,3-6H2,1-2H3,(H,15,17). The van der Waals surface area contributed by atoms with Gasteiger partial charge in [0.25, 0.3) is 0 Å². The summed E-state index contributed by atoms with van der Waals surface area (Å²) < 4.78 is 37.1. The number of aromatic nitrogens is 2. The molecule has 0 saturated heterocycles. The number of halogens is 3. The van der Waals surface area contributed by atoms with E-state index in [4.69, 9.17) is 0 Å². The minimum atomic E-state index is -4.40. The molecule has 18 heavy (non-hydrogen) atoms. The highest BCUT2D eigenvalue weighted by molar-refractivity contribution is 7.15. The maximum atomic E-state index is 12.4. The van der Waals surface area contributed by atoms with Crippen molar-refractivity contribution in [1.29, 1.82) is 0 Å². The lowest BCUT2D eigenvalue weighted by Gasteiger charge is -2.35. The highest BCUT2D eigenvalue weighted by atomic mass is 32.1. The molecule has 0 amide bonds. The zero-order valence-electron chi connectivity index (χ0n) is 10.3. The Labute approximate surface area is 108 Å². The predicted octanol–water partition coefficient (Wildman–Crippen LogP) is 3.94. The van der Waals surface area contributed by atoms with Gasteiger partial charge in [-0.25, -0.2) is 0 Å². The molecule has 1 aromatic rings.